The molecule has 3 rings (SSSR count). The predicted octanol–water partition coefficient (Wildman–Crippen LogP) is 2.44. The second-order valence-corrected chi connectivity index (χ2v) is 9.13. The van der Waals surface area contributed by atoms with Crippen molar-refractivity contribution in [3.05, 3.63) is 59.2 Å². The minimum absolute atomic E-state index is 0.305. The minimum Gasteiger partial charge on any atom is -0.348 e. The Morgan fingerprint density at radius 2 is 1.93 bits per heavy atom. The van der Waals surface area contributed by atoms with Crippen LogP contribution in [0, 0.1) is 6.92 Å². The lowest BCUT2D eigenvalue weighted by Crippen LogP contribution is -2.43. The van der Waals surface area contributed by atoms with Crippen molar-refractivity contribution in [1.82, 2.24) is 23.9 Å². The Hall–Kier alpha value is -2.36. The highest BCUT2D eigenvalue weighted by Gasteiger charge is 2.40. The van der Waals surface area contributed by atoms with E-state index in [9.17, 15) is 13.2 Å². The molecule has 0 aliphatic carbocycles. The van der Waals surface area contributed by atoms with Gasteiger partial charge in [0.25, 0.3) is 16.1 Å². The number of amides is 1. The molecule has 1 aromatic carbocycles. The molecule has 0 unspecified atom stereocenters. The third kappa shape index (κ3) is 4.69. The van der Waals surface area contributed by atoms with Crippen LogP contribution in [0.25, 0.3) is 0 Å². The summed E-state index contributed by atoms with van der Waals surface area (Å²) in [6, 6.07) is 9.13. The monoisotopic (exact) mass is 431 g/mol. The Morgan fingerprint density at radius 3 is 2.60 bits per heavy atom. The van der Waals surface area contributed by atoms with E-state index in [0.29, 0.717) is 49.7 Å². The Labute approximate surface area is 178 Å². The van der Waals surface area contributed by atoms with Gasteiger partial charge in [0.15, 0.2) is 0 Å². The molecular formula is C21H29N5O3S. The smallest absolute Gasteiger partial charge is 0.282 e. The number of aryl methyl sites for hydroxylation is 1. The van der Waals surface area contributed by atoms with Crippen molar-refractivity contribution in [3.63, 3.8) is 0 Å². The van der Waals surface area contributed by atoms with Crippen LogP contribution in [0.1, 0.15) is 60.2 Å². The summed E-state index contributed by atoms with van der Waals surface area (Å²) in [4.78, 5) is 21.6. The standard InChI is InChI=1S/C21H29N5O3S/c1-4-25(5-2)30(28,29)26-13-9-12-19(26)20-18(15-22-16(3)24-20)21(27)23-14-17-10-7-6-8-11-17/h6-8,10-11,15,19H,4-5,9,12-14H2,1-3H3,(H,23,27)/t19-/m1/s1. The number of carbonyl (C=O) groups is 1. The summed E-state index contributed by atoms with van der Waals surface area (Å²) in [5.74, 6) is 0.206. The summed E-state index contributed by atoms with van der Waals surface area (Å²) in [6.07, 6.45) is 2.84. The lowest BCUT2D eigenvalue weighted by molar-refractivity contribution is 0.0947. The summed E-state index contributed by atoms with van der Waals surface area (Å²) in [5, 5.41) is 2.90. The number of hydrogen-bond donors (Lipinski definition) is 1. The van der Waals surface area contributed by atoms with Gasteiger partial charge in [-0.15, -0.1) is 0 Å². The van der Waals surface area contributed by atoms with E-state index >= 15 is 0 Å². The van der Waals surface area contributed by atoms with Gasteiger partial charge in [0.2, 0.25) is 0 Å². The van der Waals surface area contributed by atoms with Crippen LogP contribution in [0.15, 0.2) is 36.5 Å². The molecule has 1 aliphatic rings. The molecule has 0 radical (unpaired) electrons. The van der Waals surface area contributed by atoms with E-state index in [-0.39, 0.29) is 5.91 Å². The molecule has 1 amide bonds. The SMILES string of the molecule is CCN(CC)S(=O)(=O)N1CCC[C@@H]1c1nc(C)ncc1C(=O)NCc1ccccc1. The van der Waals surface area contributed by atoms with E-state index in [0.717, 1.165) is 12.0 Å². The van der Waals surface area contributed by atoms with E-state index in [4.69, 9.17) is 0 Å². The van der Waals surface area contributed by atoms with Gasteiger partial charge in [-0.2, -0.15) is 17.0 Å². The molecule has 1 aliphatic heterocycles. The van der Waals surface area contributed by atoms with Gasteiger partial charge in [-0.25, -0.2) is 9.97 Å². The first kappa shape index (κ1) is 22.3. The van der Waals surface area contributed by atoms with Crippen LogP contribution >= 0.6 is 0 Å². The zero-order valence-electron chi connectivity index (χ0n) is 17.7. The van der Waals surface area contributed by atoms with Crippen molar-refractivity contribution in [2.45, 2.75) is 46.2 Å². The first-order chi connectivity index (χ1) is 14.4. The minimum atomic E-state index is -3.63. The van der Waals surface area contributed by atoms with Crippen LogP contribution < -0.4 is 5.32 Å². The maximum Gasteiger partial charge on any atom is 0.282 e. The molecule has 2 aromatic rings. The van der Waals surface area contributed by atoms with Gasteiger partial charge in [0.1, 0.15) is 5.82 Å². The van der Waals surface area contributed by atoms with Crippen LogP contribution in [-0.2, 0) is 16.8 Å². The maximum atomic E-state index is 13.2. The quantitative estimate of drug-likeness (QED) is 0.693. The highest BCUT2D eigenvalue weighted by atomic mass is 32.2. The molecular weight excluding hydrogens is 402 g/mol. The Bertz CT molecular complexity index is 977. The molecule has 1 N–H and O–H groups in total. The number of carbonyl (C=O) groups excluding carboxylic acids is 1. The fourth-order valence-corrected chi connectivity index (χ4v) is 5.61. The zero-order chi connectivity index (χ0) is 21.7. The van der Waals surface area contributed by atoms with Gasteiger partial charge in [0, 0.05) is 32.4 Å². The molecule has 1 saturated heterocycles. The Morgan fingerprint density at radius 1 is 1.23 bits per heavy atom. The average Bonchev–Trinajstić information content (AvgIpc) is 3.24. The highest BCUT2D eigenvalue weighted by Crippen LogP contribution is 2.35. The van der Waals surface area contributed by atoms with Gasteiger partial charge in [-0.3, -0.25) is 4.79 Å². The van der Waals surface area contributed by atoms with Crippen LogP contribution in [0.5, 0.6) is 0 Å². The average molecular weight is 432 g/mol. The molecule has 1 aromatic heterocycles. The van der Waals surface area contributed by atoms with E-state index in [1.807, 2.05) is 44.2 Å². The fraction of sp³-hybridized carbons (Fsp3) is 0.476. The molecule has 30 heavy (non-hydrogen) atoms. The van der Waals surface area contributed by atoms with Crippen LogP contribution in [-0.4, -0.2) is 52.5 Å². The lowest BCUT2D eigenvalue weighted by Gasteiger charge is -2.30. The third-order valence-electron chi connectivity index (χ3n) is 5.33. The number of nitrogens with zero attached hydrogens (tertiary/aromatic N) is 4. The lowest BCUT2D eigenvalue weighted by atomic mass is 10.1. The third-order valence-corrected chi connectivity index (χ3v) is 7.53. The molecule has 1 atom stereocenters. The van der Waals surface area contributed by atoms with Gasteiger partial charge in [0.05, 0.1) is 17.3 Å². The van der Waals surface area contributed by atoms with Crippen molar-refractivity contribution >= 4 is 16.1 Å². The summed E-state index contributed by atoms with van der Waals surface area (Å²) < 4.78 is 29.2. The number of nitrogens with one attached hydrogen (secondary N) is 1. The highest BCUT2D eigenvalue weighted by molar-refractivity contribution is 7.86. The number of aromatic nitrogens is 2. The van der Waals surface area contributed by atoms with Crippen molar-refractivity contribution < 1.29 is 13.2 Å². The fourth-order valence-electron chi connectivity index (χ4n) is 3.78. The Balaban J connectivity index is 1.89. The predicted molar refractivity (Wildman–Crippen MR) is 115 cm³/mol. The van der Waals surface area contributed by atoms with E-state index in [2.05, 4.69) is 15.3 Å². The largest absolute Gasteiger partial charge is 0.348 e. The van der Waals surface area contributed by atoms with Crippen molar-refractivity contribution in [2.24, 2.45) is 0 Å². The van der Waals surface area contributed by atoms with Gasteiger partial charge in [-0.1, -0.05) is 44.2 Å². The molecule has 0 bridgehead atoms. The molecule has 2 heterocycles. The first-order valence-electron chi connectivity index (χ1n) is 10.3. The van der Waals surface area contributed by atoms with Crippen molar-refractivity contribution in [3.8, 4) is 0 Å². The topological polar surface area (TPSA) is 95.5 Å². The van der Waals surface area contributed by atoms with Crippen LogP contribution in [0.2, 0.25) is 0 Å². The normalized spacial score (nSPS) is 17.4. The zero-order valence-corrected chi connectivity index (χ0v) is 18.5. The van der Waals surface area contributed by atoms with E-state index < -0.39 is 16.3 Å². The molecule has 0 saturated carbocycles. The van der Waals surface area contributed by atoms with Crippen LogP contribution in [0.3, 0.4) is 0 Å². The molecule has 9 heteroatoms. The van der Waals surface area contributed by atoms with Gasteiger partial charge in [-0.05, 0) is 25.3 Å². The molecule has 162 valence electrons. The van der Waals surface area contributed by atoms with Crippen LogP contribution in [0.4, 0.5) is 0 Å². The summed E-state index contributed by atoms with van der Waals surface area (Å²) >= 11 is 0. The van der Waals surface area contributed by atoms with E-state index in [1.54, 1.807) is 6.92 Å². The second kappa shape index (κ2) is 9.63. The summed E-state index contributed by atoms with van der Waals surface area (Å²) in [7, 11) is -3.63. The summed E-state index contributed by atoms with van der Waals surface area (Å²) in [6.45, 7) is 6.97. The van der Waals surface area contributed by atoms with Crippen molar-refractivity contribution in [1.29, 1.82) is 0 Å². The number of rotatable bonds is 8. The first-order valence-corrected chi connectivity index (χ1v) is 11.7. The maximum absolute atomic E-state index is 13.2. The van der Waals surface area contributed by atoms with Crippen molar-refractivity contribution in [2.75, 3.05) is 19.6 Å². The Kier molecular flexibility index (Phi) is 7.17. The summed E-state index contributed by atoms with van der Waals surface area (Å²) in [5.41, 5.74) is 1.77. The van der Waals surface area contributed by atoms with Gasteiger partial charge < -0.3 is 5.32 Å². The second-order valence-electron chi connectivity index (χ2n) is 7.25. The number of benzene rings is 1. The number of hydrogen-bond acceptors (Lipinski definition) is 5. The molecule has 0 spiro atoms. The molecule has 8 nitrogen and oxygen atoms in total. The molecule has 1 fully saturated rings. The van der Waals surface area contributed by atoms with E-state index in [1.165, 1.54) is 14.8 Å². The van der Waals surface area contributed by atoms with Gasteiger partial charge >= 0.3 is 0 Å².